The third-order valence-electron chi connectivity index (χ3n) is 5.85. The summed E-state index contributed by atoms with van der Waals surface area (Å²) in [6.45, 7) is 2.38. The molecule has 12 heteroatoms. The second kappa shape index (κ2) is 9.57. The van der Waals surface area contributed by atoms with Crippen LogP contribution in [-0.4, -0.2) is 54.4 Å². The molecule has 4 aromatic rings. The number of nitrogens with zero attached hydrogens (tertiary/aromatic N) is 4. The predicted octanol–water partition coefficient (Wildman–Crippen LogP) is 4.31. The molecule has 3 aromatic heterocycles. The standard InChI is InChI=1S/C23H21ClN4O5S2/c1-2-33-23(30)27-16(12-17-18(27)4-3-8-25-17)13-26-9-7-19(22(26)29)28(35(31)32)21-10-14-5-6-15(24)11-20(14)34-21/h3-6,8,10-12,19H,2,7,9,13H2,1H3,(H,31,32)/p-1. The Hall–Kier alpha value is -2.99. The van der Waals surface area contributed by atoms with Crippen LogP contribution in [0.4, 0.5) is 9.80 Å². The van der Waals surface area contributed by atoms with E-state index in [-0.39, 0.29) is 19.1 Å². The number of fused-ring (bicyclic) bond motifs is 2. The maximum absolute atomic E-state index is 13.4. The van der Waals surface area contributed by atoms with E-state index in [0.29, 0.717) is 39.7 Å². The number of benzene rings is 1. The number of carbonyl (C=O) groups is 2. The predicted molar refractivity (Wildman–Crippen MR) is 134 cm³/mol. The first-order chi connectivity index (χ1) is 16.9. The molecule has 1 amide bonds. The minimum Gasteiger partial charge on any atom is -0.755 e. The number of hydrogen-bond donors (Lipinski definition) is 0. The highest BCUT2D eigenvalue weighted by Gasteiger charge is 2.38. The minimum absolute atomic E-state index is 0.117. The molecule has 9 nitrogen and oxygen atoms in total. The minimum atomic E-state index is -2.66. The number of ether oxygens (including phenoxy) is 1. The van der Waals surface area contributed by atoms with Crippen LogP contribution in [-0.2, 0) is 27.3 Å². The van der Waals surface area contributed by atoms with Crippen LogP contribution >= 0.6 is 22.9 Å². The van der Waals surface area contributed by atoms with E-state index in [0.717, 1.165) is 14.4 Å². The van der Waals surface area contributed by atoms with Crippen LogP contribution in [0.2, 0.25) is 5.02 Å². The number of carbonyl (C=O) groups excluding carboxylic acids is 2. The van der Waals surface area contributed by atoms with Gasteiger partial charge in [0.15, 0.2) is 0 Å². The molecule has 35 heavy (non-hydrogen) atoms. The van der Waals surface area contributed by atoms with Crippen LogP contribution in [0.15, 0.2) is 48.7 Å². The highest BCUT2D eigenvalue weighted by Crippen LogP contribution is 2.37. The zero-order chi connectivity index (χ0) is 24.7. The number of hydrogen-bond acceptors (Lipinski definition) is 7. The van der Waals surface area contributed by atoms with Gasteiger partial charge < -0.3 is 14.2 Å². The maximum Gasteiger partial charge on any atom is 0.418 e. The fraction of sp³-hybridized carbons (Fsp3) is 0.261. The van der Waals surface area contributed by atoms with Crippen LogP contribution in [0.25, 0.3) is 21.1 Å². The number of thiophene rings is 1. The molecule has 1 aliphatic heterocycles. The average Bonchev–Trinajstić information content (AvgIpc) is 3.50. The van der Waals surface area contributed by atoms with E-state index < -0.39 is 23.4 Å². The Morgan fingerprint density at radius 1 is 1.34 bits per heavy atom. The Morgan fingerprint density at radius 3 is 2.94 bits per heavy atom. The normalized spacial score (nSPS) is 16.8. The Morgan fingerprint density at radius 2 is 2.17 bits per heavy atom. The van der Waals surface area contributed by atoms with E-state index in [2.05, 4.69) is 4.98 Å². The van der Waals surface area contributed by atoms with Crippen LogP contribution in [0.1, 0.15) is 19.0 Å². The second-order valence-corrected chi connectivity index (χ2v) is 10.3. The van der Waals surface area contributed by atoms with Crippen molar-refractivity contribution in [1.82, 2.24) is 14.5 Å². The van der Waals surface area contributed by atoms with Gasteiger partial charge in [-0.15, -0.1) is 11.3 Å². The molecule has 2 atom stereocenters. The number of aromatic nitrogens is 2. The van der Waals surface area contributed by atoms with Crippen LogP contribution in [0, 0.1) is 0 Å². The molecule has 0 spiro atoms. The number of pyridine rings is 1. The number of rotatable bonds is 6. The van der Waals surface area contributed by atoms with Gasteiger partial charge in [-0.05, 0) is 55.1 Å². The molecule has 182 valence electrons. The lowest BCUT2D eigenvalue weighted by atomic mass is 10.2. The van der Waals surface area contributed by atoms with Crippen molar-refractivity contribution in [3.63, 3.8) is 0 Å². The quantitative estimate of drug-likeness (QED) is 0.343. The zero-order valence-corrected chi connectivity index (χ0v) is 20.9. The summed E-state index contributed by atoms with van der Waals surface area (Å²) in [5.41, 5.74) is 1.72. The second-order valence-electron chi connectivity index (χ2n) is 7.95. The van der Waals surface area contributed by atoms with E-state index in [1.165, 1.54) is 15.9 Å². The number of likely N-dealkylation sites (tertiary alicyclic amines) is 1. The van der Waals surface area contributed by atoms with Crippen molar-refractivity contribution in [2.75, 3.05) is 17.5 Å². The average molecular weight is 532 g/mol. The maximum atomic E-state index is 13.4. The summed E-state index contributed by atoms with van der Waals surface area (Å²) in [4.78, 5) is 31.9. The summed E-state index contributed by atoms with van der Waals surface area (Å²) in [6.07, 6.45) is 1.39. The van der Waals surface area contributed by atoms with Crippen LogP contribution < -0.4 is 4.31 Å². The number of amides is 1. The lowest BCUT2D eigenvalue weighted by Gasteiger charge is -2.29. The molecule has 4 heterocycles. The van der Waals surface area contributed by atoms with Gasteiger partial charge in [-0.2, -0.15) is 0 Å². The first-order valence-electron chi connectivity index (χ1n) is 10.9. The molecule has 0 saturated carbocycles. The molecule has 5 rings (SSSR count). The van der Waals surface area contributed by atoms with Gasteiger partial charge in [0, 0.05) is 33.7 Å². The molecular formula is C23H20ClN4O5S2-. The number of anilines is 1. The van der Waals surface area contributed by atoms with Gasteiger partial charge >= 0.3 is 6.09 Å². The lowest BCUT2D eigenvalue weighted by molar-refractivity contribution is -0.129. The highest BCUT2D eigenvalue weighted by molar-refractivity contribution is 7.81. The zero-order valence-electron chi connectivity index (χ0n) is 18.5. The van der Waals surface area contributed by atoms with Crippen molar-refractivity contribution < 1.29 is 23.1 Å². The van der Waals surface area contributed by atoms with Crippen molar-refractivity contribution in [2.45, 2.75) is 25.9 Å². The van der Waals surface area contributed by atoms with E-state index >= 15 is 0 Å². The van der Waals surface area contributed by atoms with Crippen molar-refractivity contribution >= 4 is 72.3 Å². The Bertz CT molecular complexity index is 1470. The molecule has 0 N–H and O–H groups in total. The molecule has 1 aromatic carbocycles. The SMILES string of the molecule is CCOC(=O)n1c(CN2CCC(N(c3cc4ccc(Cl)cc4s3)S(=O)[O-])C2=O)cc2ncccc21. The van der Waals surface area contributed by atoms with Crippen molar-refractivity contribution in [3.8, 4) is 0 Å². The topological polar surface area (TPSA) is 108 Å². The molecule has 0 aliphatic carbocycles. The van der Waals surface area contributed by atoms with Gasteiger partial charge in [0.2, 0.25) is 5.91 Å². The summed E-state index contributed by atoms with van der Waals surface area (Å²) in [5.74, 6) is -0.335. The smallest absolute Gasteiger partial charge is 0.418 e. The van der Waals surface area contributed by atoms with Gasteiger partial charge in [0.05, 0.1) is 29.9 Å². The molecule has 0 radical (unpaired) electrons. The van der Waals surface area contributed by atoms with Crippen molar-refractivity contribution in [2.24, 2.45) is 0 Å². The third kappa shape index (κ3) is 4.40. The molecule has 0 bridgehead atoms. The molecule has 1 fully saturated rings. The monoisotopic (exact) mass is 531 g/mol. The molecule has 1 aliphatic rings. The Kier molecular flexibility index (Phi) is 6.49. The van der Waals surface area contributed by atoms with Gasteiger partial charge in [-0.1, -0.05) is 17.7 Å². The van der Waals surface area contributed by atoms with Gasteiger partial charge in [0.25, 0.3) is 0 Å². The van der Waals surface area contributed by atoms with Gasteiger partial charge in [-0.25, -0.2) is 9.36 Å². The Balaban J connectivity index is 1.44. The first-order valence-corrected chi connectivity index (χ1v) is 13.1. The van der Waals surface area contributed by atoms with E-state index in [1.54, 1.807) is 54.4 Å². The fourth-order valence-corrected chi connectivity index (χ4v) is 6.52. The van der Waals surface area contributed by atoms with Gasteiger partial charge in [-0.3, -0.25) is 18.3 Å². The lowest BCUT2D eigenvalue weighted by Crippen LogP contribution is -2.42. The van der Waals surface area contributed by atoms with Crippen LogP contribution in [0.3, 0.4) is 0 Å². The van der Waals surface area contributed by atoms with Crippen LogP contribution in [0.5, 0.6) is 0 Å². The summed E-state index contributed by atoms with van der Waals surface area (Å²) in [5, 5.41) is 1.84. The highest BCUT2D eigenvalue weighted by atomic mass is 35.5. The van der Waals surface area contributed by atoms with Crippen molar-refractivity contribution in [3.05, 3.63) is 59.4 Å². The van der Waals surface area contributed by atoms with E-state index in [9.17, 15) is 18.4 Å². The molecular weight excluding hydrogens is 512 g/mol. The third-order valence-corrected chi connectivity index (χ3v) is 8.07. The summed E-state index contributed by atoms with van der Waals surface area (Å²) >= 11 is 4.67. The molecule has 2 unspecified atom stereocenters. The van der Waals surface area contributed by atoms with Crippen molar-refractivity contribution in [1.29, 1.82) is 0 Å². The summed E-state index contributed by atoms with van der Waals surface area (Å²) in [7, 11) is 0. The molecule has 1 saturated heterocycles. The number of halogens is 1. The summed E-state index contributed by atoms with van der Waals surface area (Å²) in [6, 6.07) is 11.4. The van der Waals surface area contributed by atoms with E-state index in [4.69, 9.17) is 16.3 Å². The summed E-state index contributed by atoms with van der Waals surface area (Å²) < 4.78 is 33.0. The van der Waals surface area contributed by atoms with E-state index in [1.807, 2.05) is 6.07 Å². The van der Waals surface area contributed by atoms with Gasteiger partial charge in [0.1, 0.15) is 11.0 Å². The first kappa shape index (κ1) is 23.7. The Labute approximate surface area is 212 Å². The largest absolute Gasteiger partial charge is 0.755 e. The fourth-order valence-electron chi connectivity index (χ4n) is 4.33.